The Hall–Kier alpha value is -0.610. The molecule has 1 heterocycles. The maximum absolute atomic E-state index is 10.9. The van der Waals surface area contributed by atoms with Crippen LogP contribution < -0.4 is 0 Å². The van der Waals surface area contributed by atoms with Crippen molar-refractivity contribution in [3.05, 3.63) is 0 Å². The molecule has 1 saturated heterocycles. The summed E-state index contributed by atoms with van der Waals surface area (Å²) in [5.74, 6) is 0.0503. The van der Waals surface area contributed by atoms with Crippen LogP contribution in [0.15, 0.2) is 0 Å². The van der Waals surface area contributed by atoms with E-state index in [-0.39, 0.29) is 6.54 Å². The van der Waals surface area contributed by atoms with Crippen LogP contribution in [0.25, 0.3) is 0 Å². The molecule has 0 bridgehead atoms. The minimum atomic E-state index is -0.703. The summed E-state index contributed by atoms with van der Waals surface area (Å²) in [4.78, 5) is 13.0. The molecule has 0 aromatic carbocycles. The third-order valence-electron chi connectivity index (χ3n) is 3.47. The van der Waals surface area contributed by atoms with Crippen molar-refractivity contribution in [2.75, 3.05) is 26.3 Å². The minimum Gasteiger partial charge on any atom is -0.480 e. The van der Waals surface area contributed by atoms with Gasteiger partial charge in [0.25, 0.3) is 0 Å². The van der Waals surface area contributed by atoms with Crippen molar-refractivity contribution in [3.63, 3.8) is 0 Å². The molecule has 92 valence electrons. The van der Waals surface area contributed by atoms with Crippen LogP contribution >= 0.6 is 0 Å². The molecular formula is C12H21NO3. The van der Waals surface area contributed by atoms with Gasteiger partial charge in [0.1, 0.15) is 0 Å². The Morgan fingerprint density at radius 1 is 1.25 bits per heavy atom. The van der Waals surface area contributed by atoms with E-state index in [1.165, 1.54) is 12.8 Å². The van der Waals surface area contributed by atoms with Crippen LogP contribution in [0.2, 0.25) is 0 Å². The van der Waals surface area contributed by atoms with E-state index in [9.17, 15) is 4.79 Å². The Balaban J connectivity index is 1.88. The zero-order chi connectivity index (χ0) is 11.4. The molecule has 16 heavy (non-hydrogen) atoms. The van der Waals surface area contributed by atoms with Crippen LogP contribution in [0.3, 0.4) is 0 Å². The fourth-order valence-electron chi connectivity index (χ4n) is 2.40. The average Bonchev–Trinajstić information content (AvgIpc) is 3.01. The molecule has 2 fully saturated rings. The van der Waals surface area contributed by atoms with Gasteiger partial charge in [-0.2, -0.15) is 0 Å². The van der Waals surface area contributed by atoms with Gasteiger partial charge >= 0.3 is 5.97 Å². The first-order chi connectivity index (χ1) is 7.75. The fourth-order valence-corrected chi connectivity index (χ4v) is 2.40. The molecule has 4 heteroatoms. The number of nitrogens with zero attached hydrogens (tertiary/aromatic N) is 1. The monoisotopic (exact) mass is 227 g/mol. The molecule has 1 atom stereocenters. The highest BCUT2D eigenvalue weighted by atomic mass is 16.5. The summed E-state index contributed by atoms with van der Waals surface area (Å²) >= 11 is 0. The lowest BCUT2D eigenvalue weighted by molar-refractivity contribution is -0.139. The maximum Gasteiger partial charge on any atom is 0.317 e. The fraction of sp³-hybridized carbons (Fsp3) is 0.917. The number of hydrogen-bond acceptors (Lipinski definition) is 3. The lowest BCUT2D eigenvalue weighted by Crippen LogP contribution is -2.40. The highest BCUT2D eigenvalue weighted by Crippen LogP contribution is 2.31. The van der Waals surface area contributed by atoms with Crippen molar-refractivity contribution >= 4 is 5.97 Å². The van der Waals surface area contributed by atoms with Gasteiger partial charge in [-0.05, 0) is 38.0 Å². The number of carboxylic acids is 1. The van der Waals surface area contributed by atoms with Crippen LogP contribution in [-0.4, -0.2) is 48.3 Å². The normalized spacial score (nSPS) is 26.7. The zero-order valence-corrected chi connectivity index (χ0v) is 9.73. The zero-order valence-electron chi connectivity index (χ0n) is 9.73. The first-order valence-corrected chi connectivity index (χ1v) is 6.29. The van der Waals surface area contributed by atoms with Gasteiger partial charge in [0, 0.05) is 25.8 Å². The third-order valence-corrected chi connectivity index (χ3v) is 3.47. The molecule has 2 rings (SSSR count). The lowest BCUT2D eigenvalue weighted by Gasteiger charge is -2.29. The summed E-state index contributed by atoms with van der Waals surface area (Å²) in [7, 11) is 0. The van der Waals surface area contributed by atoms with Gasteiger partial charge in [0.15, 0.2) is 0 Å². The highest BCUT2D eigenvalue weighted by molar-refractivity contribution is 5.69. The van der Waals surface area contributed by atoms with Crippen LogP contribution in [-0.2, 0) is 9.53 Å². The van der Waals surface area contributed by atoms with Gasteiger partial charge in [-0.25, -0.2) is 0 Å². The summed E-state index contributed by atoms with van der Waals surface area (Å²) < 4.78 is 5.43. The summed E-state index contributed by atoms with van der Waals surface area (Å²) in [5.41, 5.74) is 0. The largest absolute Gasteiger partial charge is 0.480 e. The molecule has 1 aliphatic heterocycles. The maximum atomic E-state index is 10.9. The molecule has 1 aliphatic carbocycles. The molecule has 1 unspecified atom stereocenters. The van der Waals surface area contributed by atoms with Gasteiger partial charge in [0.05, 0.1) is 6.54 Å². The molecular weight excluding hydrogens is 206 g/mol. The van der Waals surface area contributed by atoms with E-state index in [2.05, 4.69) is 4.90 Å². The number of aliphatic carboxylic acids is 1. The molecule has 0 amide bonds. The SMILES string of the molecule is O=C(O)CN(CC1CC1)C1CCCOCC1. The Morgan fingerprint density at radius 2 is 2.06 bits per heavy atom. The Kier molecular flexibility index (Phi) is 4.18. The summed E-state index contributed by atoms with van der Waals surface area (Å²) in [6.45, 7) is 2.78. The van der Waals surface area contributed by atoms with Crippen molar-refractivity contribution in [2.24, 2.45) is 5.92 Å². The number of ether oxygens (including phenoxy) is 1. The Morgan fingerprint density at radius 3 is 2.75 bits per heavy atom. The molecule has 1 saturated carbocycles. The van der Waals surface area contributed by atoms with Crippen molar-refractivity contribution in [2.45, 2.75) is 38.1 Å². The highest BCUT2D eigenvalue weighted by Gasteiger charge is 2.29. The van der Waals surface area contributed by atoms with Gasteiger partial charge in [-0.1, -0.05) is 0 Å². The minimum absolute atomic E-state index is 0.196. The molecule has 0 aromatic heterocycles. The number of rotatable bonds is 5. The quantitative estimate of drug-likeness (QED) is 0.770. The van der Waals surface area contributed by atoms with Crippen molar-refractivity contribution in [3.8, 4) is 0 Å². The van der Waals surface area contributed by atoms with E-state index in [1.807, 2.05) is 0 Å². The molecule has 0 aromatic rings. The van der Waals surface area contributed by atoms with Crippen molar-refractivity contribution < 1.29 is 14.6 Å². The molecule has 2 aliphatic rings. The number of hydrogen-bond donors (Lipinski definition) is 1. The van der Waals surface area contributed by atoms with E-state index < -0.39 is 5.97 Å². The molecule has 0 spiro atoms. The first-order valence-electron chi connectivity index (χ1n) is 6.29. The molecule has 1 N–H and O–H groups in total. The number of carboxylic acid groups (broad SMARTS) is 1. The molecule has 0 radical (unpaired) electrons. The second-order valence-electron chi connectivity index (χ2n) is 4.96. The topological polar surface area (TPSA) is 49.8 Å². The standard InChI is InChI=1S/C12H21NO3/c14-12(15)9-13(8-10-3-4-10)11-2-1-6-16-7-5-11/h10-11H,1-9H2,(H,14,15). The van der Waals surface area contributed by atoms with Crippen molar-refractivity contribution in [1.29, 1.82) is 0 Å². The first kappa shape index (κ1) is 11.9. The number of carbonyl (C=O) groups is 1. The van der Waals surface area contributed by atoms with Gasteiger partial charge in [-0.3, -0.25) is 9.69 Å². The van der Waals surface area contributed by atoms with Crippen LogP contribution in [0.1, 0.15) is 32.1 Å². The molecule has 4 nitrogen and oxygen atoms in total. The predicted molar refractivity (Wildman–Crippen MR) is 60.4 cm³/mol. The van der Waals surface area contributed by atoms with E-state index in [1.54, 1.807) is 0 Å². The third kappa shape index (κ3) is 3.76. The van der Waals surface area contributed by atoms with E-state index in [4.69, 9.17) is 9.84 Å². The summed E-state index contributed by atoms with van der Waals surface area (Å²) in [5, 5.41) is 8.95. The average molecular weight is 227 g/mol. The van der Waals surface area contributed by atoms with Gasteiger partial charge in [0.2, 0.25) is 0 Å². The van der Waals surface area contributed by atoms with Crippen molar-refractivity contribution in [1.82, 2.24) is 4.90 Å². The smallest absolute Gasteiger partial charge is 0.317 e. The second kappa shape index (κ2) is 5.64. The van der Waals surface area contributed by atoms with E-state index in [0.717, 1.165) is 44.9 Å². The van der Waals surface area contributed by atoms with Crippen LogP contribution in [0.4, 0.5) is 0 Å². The second-order valence-corrected chi connectivity index (χ2v) is 4.96. The Bertz CT molecular complexity index is 232. The van der Waals surface area contributed by atoms with Crippen LogP contribution in [0, 0.1) is 5.92 Å². The summed E-state index contributed by atoms with van der Waals surface area (Å²) in [6, 6.07) is 0.416. The van der Waals surface area contributed by atoms with Gasteiger partial charge in [-0.15, -0.1) is 0 Å². The predicted octanol–water partition coefficient (Wildman–Crippen LogP) is 1.35. The summed E-state index contributed by atoms with van der Waals surface area (Å²) in [6.07, 6.45) is 5.68. The van der Waals surface area contributed by atoms with Gasteiger partial charge < -0.3 is 9.84 Å². The Labute approximate surface area is 96.6 Å². The van der Waals surface area contributed by atoms with E-state index >= 15 is 0 Å². The van der Waals surface area contributed by atoms with Crippen LogP contribution in [0.5, 0.6) is 0 Å². The lowest BCUT2D eigenvalue weighted by atomic mass is 10.1. The van der Waals surface area contributed by atoms with E-state index in [0.29, 0.717) is 6.04 Å².